The molecular weight excluding hydrogens is 336 g/mol. The minimum atomic E-state index is -1.13. The van der Waals surface area contributed by atoms with Crippen molar-refractivity contribution >= 4 is 29.4 Å². The Morgan fingerprint density at radius 2 is 1.92 bits per heavy atom. The maximum Gasteiger partial charge on any atom is 0.313 e. The van der Waals surface area contributed by atoms with Crippen LogP contribution in [0.2, 0.25) is 5.02 Å². The van der Waals surface area contributed by atoms with Crippen molar-refractivity contribution in [1.29, 1.82) is 0 Å². The molecule has 2 aliphatic heterocycles. The Kier molecular flexibility index (Phi) is 3.95. The molecule has 2 aliphatic rings. The Hall–Kier alpha value is -2.22. The van der Waals surface area contributed by atoms with Crippen molar-refractivity contribution < 1.29 is 19.5 Å². The Morgan fingerprint density at radius 3 is 2.50 bits per heavy atom. The van der Waals surface area contributed by atoms with Crippen LogP contribution in [0.25, 0.3) is 0 Å². The Morgan fingerprint density at radius 1 is 1.29 bits per heavy atom. The van der Waals surface area contributed by atoms with E-state index in [9.17, 15) is 19.5 Å². The molecule has 2 amide bonds. The van der Waals surface area contributed by atoms with Gasteiger partial charge in [0.15, 0.2) is 5.69 Å². The van der Waals surface area contributed by atoms with E-state index in [0.717, 1.165) is 0 Å². The highest BCUT2D eigenvalue weighted by Gasteiger charge is 2.59. The largest absolute Gasteiger partial charge is 0.481 e. The number of carbonyl (C=O) groups is 3. The molecule has 2 saturated heterocycles. The highest BCUT2D eigenvalue weighted by atomic mass is 35.5. The normalized spacial score (nSPS) is 25.7. The molecule has 1 aromatic heterocycles. The van der Waals surface area contributed by atoms with Crippen LogP contribution in [0.3, 0.4) is 0 Å². The molecule has 1 N–H and O–H groups in total. The van der Waals surface area contributed by atoms with Crippen LogP contribution in [-0.2, 0) is 9.59 Å². The minimum absolute atomic E-state index is 0.0367. The highest BCUT2D eigenvalue weighted by molar-refractivity contribution is 6.33. The van der Waals surface area contributed by atoms with Crippen LogP contribution >= 0.6 is 11.6 Å². The van der Waals surface area contributed by atoms with Gasteiger partial charge in [-0.15, -0.1) is 0 Å². The van der Waals surface area contributed by atoms with Gasteiger partial charge >= 0.3 is 5.97 Å². The number of hydrogen-bond acceptors (Lipinski definition) is 5. The molecule has 0 unspecified atom stereocenters. The zero-order chi connectivity index (χ0) is 17.6. The second-order valence-corrected chi connectivity index (χ2v) is 6.76. The molecule has 0 spiro atoms. The van der Waals surface area contributed by atoms with Gasteiger partial charge in [0, 0.05) is 39.0 Å². The number of carboxylic acids is 1. The maximum absolute atomic E-state index is 12.7. The van der Waals surface area contributed by atoms with E-state index in [4.69, 9.17) is 11.6 Å². The van der Waals surface area contributed by atoms with Gasteiger partial charge in [-0.05, 0) is 6.92 Å². The fourth-order valence-corrected chi connectivity index (χ4v) is 3.69. The van der Waals surface area contributed by atoms with Gasteiger partial charge in [-0.25, -0.2) is 9.97 Å². The molecule has 1 aromatic rings. The van der Waals surface area contributed by atoms with E-state index in [0.29, 0.717) is 12.4 Å². The summed E-state index contributed by atoms with van der Waals surface area (Å²) in [6.45, 7) is 3.81. The molecule has 0 saturated carbocycles. The molecule has 0 radical (unpaired) electrons. The molecule has 0 aliphatic carbocycles. The van der Waals surface area contributed by atoms with Crippen molar-refractivity contribution in [3.63, 3.8) is 0 Å². The zero-order valence-electron chi connectivity index (χ0n) is 13.3. The van der Waals surface area contributed by atoms with Crippen LogP contribution in [0, 0.1) is 18.3 Å². The van der Waals surface area contributed by atoms with E-state index in [2.05, 4.69) is 9.97 Å². The fourth-order valence-electron chi connectivity index (χ4n) is 3.52. The molecule has 3 heterocycles. The Balaban J connectivity index is 1.87. The lowest BCUT2D eigenvalue weighted by atomic mass is 9.81. The van der Waals surface area contributed by atoms with Crippen LogP contribution in [0.1, 0.15) is 23.2 Å². The number of aromatic nitrogens is 2. The molecule has 24 heavy (non-hydrogen) atoms. The van der Waals surface area contributed by atoms with Crippen molar-refractivity contribution in [2.75, 3.05) is 26.2 Å². The lowest BCUT2D eigenvalue weighted by Gasteiger charge is -2.25. The summed E-state index contributed by atoms with van der Waals surface area (Å²) in [4.78, 5) is 47.2. The molecule has 9 heteroatoms. The van der Waals surface area contributed by atoms with Gasteiger partial charge in [-0.2, -0.15) is 0 Å². The molecule has 2 atom stereocenters. The maximum atomic E-state index is 12.7. The van der Waals surface area contributed by atoms with Gasteiger partial charge < -0.3 is 14.9 Å². The number of amides is 2. The topological polar surface area (TPSA) is 104 Å². The van der Waals surface area contributed by atoms with Gasteiger partial charge in [0.1, 0.15) is 11.2 Å². The monoisotopic (exact) mass is 352 g/mol. The van der Waals surface area contributed by atoms with Crippen LogP contribution in [-0.4, -0.2) is 68.8 Å². The van der Waals surface area contributed by atoms with Gasteiger partial charge in [-0.3, -0.25) is 14.4 Å². The lowest BCUT2D eigenvalue weighted by Crippen LogP contribution is -2.42. The predicted octanol–water partition coefficient (Wildman–Crippen LogP) is 0.444. The number of carbonyl (C=O) groups excluding carboxylic acids is 2. The SMILES string of the molecule is CC(=O)N1C[C@@H]2CN(C(=O)c3nc(C)ncc3Cl)C[C@]2(C(=O)O)C1. The van der Waals surface area contributed by atoms with Crippen molar-refractivity contribution in [2.45, 2.75) is 13.8 Å². The minimum Gasteiger partial charge on any atom is -0.481 e. The third-order valence-electron chi connectivity index (χ3n) is 4.83. The summed E-state index contributed by atoms with van der Waals surface area (Å²) < 4.78 is 0. The van der Waals surface area contributed by atoms with Crippen molar-refractivity contribution in [1.82, 2.24) is 19.8 Å². The molecule has 128 valence electrons. The lowest BCUT2D eigenvalue weighted by molar-refractivity contribution is -0.149. The summed E-state index contributed by atoms with van der Waals surface area (Å²) in [6, 6.07) is 0. The van der Waals surface area contributed by atoms with Gasteiger partial charge in [0.25, 0.3) is 5.91 Å². The zero-order valence-corrected chi connectivity index (χ0v) is 14.1. The number of aliphatic carboxylic acids is 1. The van der Waals surface area contributed by atoms with Crippen LogP contribution in [0.5, 0.6) is 0 Å². The first-order chi connectivity index (χ1) is 11.2. The standard InChI is InChI=1S/C15H17ClN4O4/c1-8-17-3-11(16)12(18-8)13(22)20-5-10-4-19(9(2)21)6-15(10,7-20)14(23)24/h3,10H,4-7H2,1-2H3,(H,23,24)/t10-,15-/m1/s1. The summed E-state index contributed by atoms with van der Waals surface area (Å²) in [5.41, 5.74) is -1.05. The van der Waals surface area contributed by atoms with Crippen LogP contribution in [0.15, 0.2) is 6.20 Å². The Labute approximate surface area is 143 Å². The average molecular weight is 353 g/mol. The molecular formula is C15H17ClN4O4. The van der Waals surface area contributed by atoms with Gasteiger partial charge in [0.05, 0.1) is 11.2 Å². The number of fused-ring (bicyclic) bond motifs is 1. The van der Waals surface area contributed by atoms with Crippen LogP contribution in [0.4, 0.5) is 0 Å². The first-order valence-corrected chi connectivity index (χ1v) is 7.90. The van der Waals surface area contributed by atoms with E-state index >= 15 is 0 Å². The second-order valence-electron chi connectivity index (χ2n) is 6.36. The summed E-state index contributed by atoms with van der Waals surface area (Å²) in [5.74, 6) is -1.44. The first-order valence-electron chi connectivity index (χ1n) is 7.52. The third-order valence-corrected chi connectivity index (χ3v) is 5.11. The van der Waals surface area contributed by atoms with Crippen molar-refractivity contribution in [2.24, 2.45) is 11.3 Å². The Bertz CT molecular complexity index is 740. The van der Waals surface area contributed by atoms with E-state index in [1.165, 1.54) is 22.9 Å². The predicted molar refractivity (Wildman–Crippen MR) is 83.5 cm³/mol. The average Bonchev–Trinajstić information content (AvgIpc) is 3.04. The van der Waals surface area contributed by atoms with Crippen LogP contribution < -0.4 is 0 Å². The number of rotatable bonds is 2. The quantitative estimate of drug-likeness (QED) is 0.828. The molecule has 3 rings (SSSR count). The first kappa shape index (κ1) is 16.6. The number of halogens is 1. The number of carboxylic acid groups (broad SMARTS) is 1. The van der Waals surface area contributed by atoms with Gasteiger partial charge in [-0.1, -0.05) is 11.6 Å². The second kappa shape index (κ2) is 5.70. The summed E-state index contributed by atoms with van der Waals surface area (Å²) in [6.07, 6.45) is 1.36. The molecule has 8 nitrogen and oxygen atoms in total. The summed E-state index contributed by atoms with van der Waals surface area (Å²) in [7, 11) is 0. The highest BCUT2D eigenvalue weighted by Crippen LogP contribution is 2.43. The van der Waals surface area contributed by atoms with Crippen molar-refractivity contribution in [3.8, 4) is 0 Å². The third kappa shape index (κ3) is 2.50. The number of hydrogen-bond donors (Lipinski definition) is 1. The summed E-state index contributed by atoms with van der Waals surface area (Å²) >= 11 is 6.01. The van der Waals surface area contributed by atoms with E-state index in [1.54, 1.807) is 6.92 Å². The number of aryl methyl sites for hydroxylation is 1. The number of likely N-dealkylation sites (tertiary alicyclic amines) is 2. The van der Waals surface area contributed by atoms with Crippen molar-refractivity contribution in [3.05, 3.63) is 22.7 Å². The van der Waals surface area contributed by atoms with Gasteiger partial charge in [0.2, 0.25) is 5.91 Å². The van der Waals surface area contributed by atoms with E-state index in [1.807, 2.05) is 0 Å². The number of nitrogens with zero attached hydrogens (tertiary/aromatic N) is 4. The summed E-state index contributed by atoms with van der Waals surface area (Å²) in [5, 5.41) is 9.85. The van der Waals surface area contributed by atoms with E-state index in [-0.39, 0.29) is 42.2 Å². The smallest absolute Gasteiger partial charge is 0.313 e. The fraction of sp³-hybridized carbons (Fsp3) is 0.533. The molecule has 0 bridgehead atoms. The molecule has 2 fully saturated rings. The van der Waals surface area contributed by atoms with E-state index < -0.39 is 17.3 Å². The molecule has 0 aromatic carbocycles.